The van der Waals surface area contributed by atoms with E-state index in [-0.39, 0.29) is 17.2 Å². The van der Waals surface area contributed by atoms with E-state index < -0.39 is 0 Å². The molecular weight excluding hydrogens is 432 g/mol. The van der Waals surface area contributed by atoms with Crippen LogP contribution in [-0.4, -0.2) is 64.2 Å². The summed E-state index contributed by atoms with van der Waals surface area (Å²) in [6.45, 7) is 3.61. The topological polar surface area (TPSA) is 71.6 Å². The Balaban J connectivity index is 1.47. The van der Waals surface area contributed by atoms with Gasteiger partial charge in [0.25, 0.3) is 5.56 Å². The second-order valence-electron chi connectivity index (χ2n) is 8.23. The first-order valence-corrected chi connectivity index (χ1v) is 12.6. The number of carbonyl (C=O) groups excluding carboxylic acids is 1. The smallest absolute Gasteiger partial charge is 0.263 e. The molecule has 164 valence electrons. The molecule has 4 heterocycles. The zero-order valence-electron chi connectivity index (χ0n) is 17.6. The lowest BCUT2D eigenvalue weighted by Crippen LogP contribution is -2.47. The Labute approximate surface area is 189 Å². The van der Waals surface area contributed by atoms with Gasteiger partial charge in [-0.2, -0.15) is 0 Å². The van der Waals surface area contributed by atoms with E-state index in [9.17, 15) is 9.59 Å². The lowest BCUT2D eigenvalue weighted by atomic mass is 9.97. The molecule has 0 radical (unpaired) electrons. The number of amides is 1. The maximum Gasteiger partial charge on any atom is 0.263 e. The van der Waals surface area contributed by atoms with Crippen molar-refractivity contribution in [1.29, 1.82) is 0 Å². The lowest BCUT2D eigenvalue weighted by Gasteiger charge is -2.32. The number of fused-ring (bicyclic) bond motifs is 3. The van der Waals surface area contributed by atoms with Gasteiger partial charge in [0.15, 0.2) is 5.16 Å². The molecule has 1 aliphatic carbocycles. The minimum atomic E-state index is -0.0182. The number of piperazine rings is 1. The molecule has 0 aromatic carbocycles. The number of thioether (sulfide) groups is 1. The number of likely N-dealkylation sites (N-methyl/N-ethyl adjacent to an activating group) is 1. The van der Waals surface area contributed by atoms with Gasteiger partial charge in [-0.1, -0.05) is 11.8 Å². The Hall–Kier alpha value is -2.10. The van der Waals surface area contributed by atoms with Gasteiger partial charge in [-0.25, -0.2) is 4.98 Å². The third-order valence-corrected chi connectivity index (χ3v) is 8.26. The molecule has 9 heteroatoms. The predicted octanol–water partition coefficient (Wildman–Crippen LogP) is 2.84. The van der Waals surface area contributed by atoms with E-state index in [4.69, 9.17) is 9.40 Å². The Bertz CT molecular complexity index is 1140. The van der Waals surface area contributed by atoms with Crippen molar-refractivity contribution in [2.24, 2.45) is 0 Å². The van der Waals surface area contributed by atoms with Gasteiger partial charge < -0.3 is 14.2 Å². The number of aromatic nitrogens is 2. The molecule has 0 atom stereocenters. The first-order valence-electron chi connectivity index (χ1n) is 10.8. The van der Waals surface area contributed by atoms with Crippen LogP contribution < -0.4 is 5.56 Å². The highest BCUT2D eigenvalue weighted by molar-refractivity contribution is 7.99. The van der Waals surface area contributed by atoms with Crippen molar-refractivity contribution in [2.45, 2.75) is 37.4 Å². The lowest BCUT2D eigenvalue weighted by molar-refractivity contribution is -0.129. The Kier molecular flexibility index (Phi) is 5.90. The molecule has 3 aromatic heterocycles. The van der Waals surface area contributed by atoms with Crippen molar-refractivity contribution >= 4 is 39.2 Å². The second kappa shape index (κ2) is 8.80. The van der Waals surface area contributed by atoms with Gasteiger partial charge in [-0.3, -0.25) is 14.2 Å². The molecular formula is C22H26N4O3S2. The van der Waals surface area contributed by atoms with Gasteiger partial charge in [0, 0.05) is 31.1 Å². The van der Waals surface area contributed by atoms with Gasteiger partial charge in [-0.15, -0.1) is 11.3 Å². The minimum absolute atomic E-state index is 0.0182. The van der Waals surface area contributed by atoms with Crippen LogP contribution in [0.25, 0.3) is 10.2 Å². The van der Waals surface area contributed by atoms with Gasteiger partial charge in [-0.05, 0) is 50.4 Å². The highest BCUT2D eigenvalue weighted by atomic mass is 32.2. The predicted molar refractivity (Wildman–Crippen MR) is 123 cm³/mol. The number of thiophene rings is 1. The Morgan fingerprint density at radius 2 is 2.03 bits per heavy atom. The number of carbonyl (C=O) groups is 1. The number of nitrogens with zero attached hydrogens (tertiary/aromatic N) is 4. The average molecular weight is 459 g/mol. The van der Waals surface area contributed by atoms with Crippen molar-refractivity contribution in [3.63, 3.8) is 0 Å². The van der Waals surface area contributed by atoms with Crippen LogP contribution in [-0.2, 0) is 24.2 Å². The third-order valence-electron chi connectivity index (χ3n) is 6.11. The van der Waals surface area contributed by atoms with Crippen LogP contribution in [0.4, 0.5) is 0 Å². The fourth-order valence-electron chi connectivity index (χ4n) is 4.30. The molecule has 0 spiro atoms. The second-order valence-corrected chi connectivity index (χ2v) is 10.3. The fraction of sp³-hybridized carbons (Fsp3) is 0.500. The summed E-state index contributed by atoms with van der Waals surface area (Å²) < 4.78 is 7.20. The molecule has 0 saturated carbocycles. The molecule has 7 nitrogen and oxygen atoms in total. The van der Waals surface area contributed by atoms with Crippen molar-refractivity contribution < 1.29 is 9.21 Å². The van der Waals surface area contributed by atoms with Crippen LogP contribution in [0.5, 0.6) is 0 Å². The standard InChI is InChI=1S/C22H26N4O3S2/c1-24-8-10-25(11-9-24)18(27)14-30-22-23-20-19(16-6-2-3-7-17(16)31-20)21(28)26(22)13-15-5-4-12-29-15/h4-5,12H,2-3,6-11,13-14H2,1H3. The summed E-state index contributed by atoms with van der Waals surface area (Å²) >= 11 is 3.00. The van der Waals surface area contributed by atoms with Gasteiger partial charge in [0.2, 0.25) is 5.91 Å². The summed E-state index contributed by atoms with van der Waals surface area (Å²) in [7, 11) is 2.07. The molecule has 0 unspecified atom stereocenters. The number of aryl methyl sites for hydroxylation is 2. The maximum absolute atomic E-state index is 13.6. The molecule has 1 fully saturated rings. The summed E-state index contributed by atoms with van der Waals surface area (Å²) in [5, 5.41) is 1.36. The van der Waals surface area contributed by atoms with Crippen molar-refractivity contribution in [2.75, 3.05) is 39.0 Å². The van der Waals surface area contributed by atoms with E-state index in [0.717, 1.165) is 55.7 Å². The average Bonchev–Trinajstić information content (AvgIpc) is 3.42. The normalized spacial score (nSPS) is 17.3. The number of hydrogen-bond acceptors (Lipinski definition) is 7. The molecule has 0 bridgehead atoms. The molecule has 0 N–H and O–H groups in total. The monoisotopic (exact) mass is 458 g/mol. The van der Waals surface area contributed by atoms with Gasteiger partial charge in [0.05, 0.1) is 23.9 Å². The number of furan rings is 1. The van der Waals surface area contributed by atoms with E-state index in [1.807, 2.05) is 17.0 Å². The van der Waals surface area contributed by atoms with Crippen LogP contribution in [0, 0.1) is 0 Å². The Morgan fingerprint density at radius 1 is 1.23 bits per heavy atom. The van der Waals surface area contributed by atoms with E-state index in [2.05, 4.69) is 11.9 Å². The van der Waals surface area contributed by atoms with E-state index in [1.165, 1.54) is 28.6 Å². The van der Waals surface area contributed by atoms with E-state index in [1.54, 1.807) is 22.2 Å². The highest BCUT2D eigenvalue weighted by Crippen LogP contribution is 2.34. The summed E-state index contributed by atoms with van der Waals surface area (Å²) in [6.07, 6.45) is 5.87. The maximum atomic E-state index is 13.6. The molecule has 2 aliphatic rings. The van der Waals surface area contributed by atoms with Crippen LogP contribution >= 0.6 is 23.1 Å². The quantitative estimate of drug-likeness (QED) is 0.433. The highest BCUT2D eigenvalue weighted by Gasteiger charge is 2.24. The molecule has 3 aromatic rings. The van der Waals surface area contributed by atoms with Gasteiger partial charge >= 0.3 is 0 Å². The van der Waals surface area contributed by atoms with E-state index in [0.29, 0.717) is 17.5 Å². The van der Waals surface area contributed by atoms with Crippen LogP contribution in [0.3, 0.4) is 0 Å². The molecule has 1 saturated heterocycles. The molecule has 5 rings (SSSR count). The van der Waals surface area contributed by atoms with Gasteiger partial charge in [0.1, 0.15) is 10.6 Å². The van der Waals surface area contributed by atoms with Crippen LogP contribution in [0.2, 0.25) is 0 Å². The first kappa shape index (κ1) is 20.8. The fourth-order valence-corrected chi connectivity index (χ4v) is 6.51. The number of hydrogen-bond donors (Lipinski definition) is 0. The largest absolute Gasteiger partial charge is 0.467 e. The van der Waals surface area contributed by atoms with Crippen LogP contribution in [0.15, 0.2) is 32.8 Å². The summed E-state index contributed by atoms with van der Waals surface area (Å²) in [5.41, 5.74) is 1.16. The molecule has 1 amide bonds. The minimum Gasteiger partial charge on any atom is -0.467 e. The molecule has 1 aliphatic heterocycles. The van der Waals surface area contributed by atoms with Crippen LogP contribution in [0.1, 0.15) is 29.0 Å². The SMILES string of the molecule is CN1CCN(C(=O)CSc2nc3sc4c(c3c(=O)n2Cc2ccco2)CCCC4)CC1. The summed E-state index contributed by atoms with van der Waals surface area (Å²) in [5.74, 6) is 1.09. The zero-order valence-corrected chi connectivity index (χ0v) is 19.3. The van der Waals surface area contributed by atoms with Crippen molar-refractivity contribution in [3.8, 4) is 0 Å². The van der Waals surface area contributed by atoms with Crippen molar-refractivity contribution in [1.82, 2.24) is 19.4 Å². The zero-order chi connectivity index (χ0) is 21.4. The first-order chi connectivity index (χ1) is 15.1. The van der Waals surface area contributed by atoms with Crippen molar-refractivity contribution in [3.05, 3.63) is 45.0 Å². The Morgan fingerprint density at radius 3 is 2.81 bits per heavy atom. The molecule has 31 heavy (non-hydrogen) atoms. The van der Waals surface area contributed by atoms with E-state index >= 15 is 0 Å². The summed E-state index contributed by atoms with van der Waals surface area (Å²) in [4.78, 5) is 37.4. The summed E-state index contributed by atoms with van der Waals surface area (Å²) in [6, 6.07) is 3.69. The third kappa shape index (κ3) is 4.18. The number of rotatable bonds is 5.